The minimum absolute atomic E-state index is 0.0999. The molecule has 0 aliphatic carbocycles. The first-order valence-electron chi connectivity index (χ1n) is 10.5. The summed E-state index contributed by atoms with van der Waals surface area (Å²) in [6.45, 7) is 1.70. The van der Waals surface area contributed by atoms with Crippen molar-refractivity contribution in [3.8, 4) is 17.2 Å². The molecular weight excluding hydrogens is 560 g/mol. The van der Waals surface area contributed by atoms with Crippen molar-refractivity contribution < 1.29 is 49.0 Å². The highest BCUT2D eigenvalue weighted by atomic mass is 32.2. The van der Waals surface area contributed by atoms with Crippen molar-refractivity contribution in [1.29, 1.82) is 0 Å². The smallest absolute Gasteiger partial charge is 0.356 e. The first kappa shape index (κ1) is 28.1. The summed E-state index contributed by atoms with van der Waals surface area (Å²) in [5, 5.41) is 55.3. The van der Waals surface area contributed by atoms with Crippen LogP contribution >= 0.6 is 24.1 Å². The third-order valence-electron chi connectivity index (χ3n) is 5.26. The standard InChI is InChI=1S/C22H18N4O11S2/c1-10-5-15(17(33-2)9-18(10)39-37-35-32)23-24-19-20(22(29)30)25-26(21(19)28)16-8-13(38-36-34-31)6-11-3-4-12(27)7-14(11)16/h3-9,25,27,31-32H,1-2H3,(H,29,30). The average Bonchev–Trinajstić information content (AvgIpc) is 3.25. The van der Waals surface area contributed by atoms with E-state index in [4.69, 9.17) is 15.3 Å². The molecule has 0 radical (unpaired) electrons. The van der Waals surface area contributed by atoms with Crippen LogP contribution < -0.4 is 10.3 Å². The molecule has 17 heteroatoms. The van der Waals surface area contributed by atoms with Gasteiger partial charge in [-0.05, 0) is 54.3 Å². The maximum atomic E-state index is 13.4. The zero-order valence-corrected chi connectivity index (χ0v) is 21.5. The highest BCUT2D eigenvalue weighted by Gasteiger charge is 2.23. The molecule has 5 N–H and O–H groups in total. The summed E-state index contributed by atoms with van der Waals surface area (Å²) < 4.78 is 15.2. The largest absolute Gasteiger partial charge is 0.508 e. The van der Waals surface area contributed by atoms with E-state index in [2.05, 4.69) is 34.1 Å². The van der Waals surface area contributed by atoms with Crippen LogP contribution in [-0.2, 0) is 18.7 Å². The summed E-state index contributed by atoms with van der Waals surface area (Å²) in [6.07, 6.45) is 0. The number of ether oxygens (including phenoxy) is 1. The van der Waals surface area contributed by atoms with Gasteiger partial charge in [0.1, 0.15) is 17.2 Å². The van der Waals surface area contributed by atoms with E-state index >= 15 is 0 Å². The minimum atomic E-state index is -1.48. The van der Waals surface area contributed by atoms with Gasteiger partial charge in [0.15, 0.2) is 11.4 Å². The number of carboxylic acid groups (broad SMARTS) is 1. The Kier molecular flexibility index (Phi) is 8.84. The third kappa shape index (κ3) is 6.05. The van der Waals surface area contributed by atoms with Crippen molar-refractivity contribution in [2.45, 2.75) is 16.7 Å². The van der Waals surface area contributed by atoms with Crippen molar-refractivity contribution in [3.05, 3.63) is 64.1 Å². The molecule has 15 nitrogen and oxygen atoms in total. The second-order valence-electron chi connectivity index (χ2n) is 7.57. The van der Waals surface area contributed by atoms with E-state index in [9.17, 15) is 19.8 Å². The Morgan fingerprint density at radius 2 is 1.77 bits per heavy atom. The number of rotatable bonds is 11. The lowest BCUT2D eigenvalue weighted by molar-refractivity contribution is -0.432. The van der Waals surface area contributed by atoms with Gasteiger partial charge in [0.2, 0.25) is 0 Å². The van der Waals surface area contributed by atoms with E-state index < -0.39 is 22.9 Å². The van der Waals surface area contributed by atoms with Gasteiger partial charge in [-0.15, -0.1) is 18.9 Å². The molecule has 0 aliphatic heterocycles. The van der Waals surface area contributed by atoms with Crippen molar-refractivity contribution >= 4 is 52.2 Å². The van der Waals surface area contributed by atoms with Gasteiger partial charge in [0, 0.05) is 15.2 Å². The Morgan fingerprint density at radius 3 is 2.46 bits per heavy atom. The summed E-state index contributed by atoms with van der Waals surface area (Å²) in [7, 11) is 1.37. The number of aromatic hydroxyl groups is 1. The number of H-pyrrole nitrogens is 1. The number of carbonyl (C=O) groups is 1. The number of aromatic nitrogens is 2. The lowest BCUT2D eigenvalue weighted by atomic mass is 10.1. The summed E-state index contributed by atoms with van der Waals surface area (Å²) >= 11 is 1.33. The summed E-state index contributed by atoms with van der Waals surface area (Å²) in [4.78, 5) is 26.3. The summed E-state index contributed by atoms with van der Waals surface area (Å²) in [6, 6.07) is 10.5. The van der Waals surface area contributed by atoms with Crippen molar-refractivity contribution in [3.63, 3.8) is 0 Å². The Bertz CT molecular complexity index is 1620. The number of carboxylic acids is 1. The number of aryl methyl sites for hydroxylation is 1. The van der Waals surface area contributed by atoms with E-state index in [1.54, 1.807) is 19.1 Å². The second kappa shape index (κ2) is 12.3. The van der Waals surface area contributed by atoms with Gasteiger partial charge in [0.05, 0.1) is 36.9 Å². The van der Waals surface area contributed by atoms with Crippen LogP contribution in [0.15, 0.2) is 67.3 Å². The van der Waals surface area contributed by atoms with Crippen molar-refractivity contribution in [2.24, 2.45) is 10.2 Å². The van der Waals surface area contributed by atoms with Crippen LogP contribution in [0.1, 0.15) is 16.1 Å². The van der Waals surface area contributed by atoms with Crippen LogP contribution in [0.25, 0.3) is 16.5 Å². The van der Waals surface area contributed by atoms with E-state index in [-0.39, 0.29) is 22.9 Å². The number of hydrogen-bond donors (Lipinski definition) is 5. The topological polar surface area (TPSA) is 207 Å². The number of azo groups is 1. The molecule has 39 heavy (non-hydrogen) atoms. The quantitative estimate of drug-likeness (QED) is 0.0662. The molecule has 0 atom stereocenters. The van der Waals surface area contributed by atoms with Gasteiger partial charge in [-0.3, -0.25) is 9.89 Å². The molecule has 204 valence electrons. The molecule has 0 spiro atoms. The zero-order valence-electron chi connectivity index (χ0n) is 19.8. The number of benzene rings is 3. The van der Waals surface area contributed by atoms with Crippen LogP contribution in [0.4, 0.5) is 11.4 Å². The fourth-order valence-electron chi connectivity index (χ4n) is 3.57. The number of hydrogen-bond acceptors (Lipinski definition) is 14. The predicted molar refractivity (Wildman–Crippen MR) is 136 cm³/mol. The first-order chi connectivity index (χ1) is 18.8. The monoisotopic (exact) mass is 578 g/mol. The lowest BCUT2D eigenvalue weighted by Gasteiger charge is -2.10. The first-order valence-corrected chi connectivity index (χ1v) is 12.0. The number of nitrogens with one attached hydrogen (secondary N) is 1. The number of phenolic OH excluding ortho intramolecular Hbond substituents is 1. The van der Waals surface area contributed by atoms with E-state index in [1.807, 2.05) is 0 Å². The average molecular weight is 579 g/mol. The number of aromatic carboxylic acids is 1. The van der Waals surface area contributed by atoms with Crippen LogP contribution in [0.5, 0.6) is 11.5 Å². The van der Waals surface area contributed by atoms with Crippen LogP contribution in [0.2, 0.25) is 0 Å². The van der Waals surface area contributed by atoms with Crippen molar-refractivity contribution in [2.75, 3.05) is 7.11 Å². The highest BCUT2D eigenvalue weighted by Crippen LogP contribution is 2.37. The molecule has 4 rings (SSSR count). The molecule has 1 aromatic heterocycles. The Hall–Kier alpha value is -3.94. The number of methoxy groups -OCH3 is 1. The number of fused-ring (bicyclic) bond motifs is 1. The van der Waals surface area contributed by atoms with Crippen LogP contribution in [-0.4, -0.2) is 43.6 Å². The Labute approximate surface area is 226 Å². The van der Waals surface area contributed by atoms with Gasteiger partial charge in [-0.2, -0.15) is 0 Å². The summed E-state index contributed by atoms with van der Waals surface area (Å²) in [5.74, 6) is -1.37. The predicted octanol–water partition coefficient (Wildman–Crippen LogP) is 5.31. The molecule has 3 aromatic carbocycles. The molecule has 0 aliphatic rings. The second-order valence-corrected chi connectivity index (χ2v) is 9.09. The molecule has 1 heterocycles. The van der Waals surface area contributed by atoms with Gasteiger partial charge < -0.3 is 14.9 Å². The van der Waals surface area contributed by atoms with Crippen molar-refractivity contribution in [1.82, 2.24) is 9.78 Å². The van der Waals surface area contributed by atoms with Gasteiger partial charge in [0.25, 0.3) is 5.56 Å². The Morgan fingerprint density at radius 1 is 1.03 bits per heavy atom. The van der Waals surface area contributed by atoms with E-state index in [0.717, 1.165) is 4.68 Å². The van der Waals surface area contributed by atoms with Gasteiger partial charge >= 0.3 is 5.97 Å². The Balaban J connectivity index is 1.85. The molecule has 4 aromatic rings. The third-order valence-corrected chi connectivity index (χ3v) is 6.56. The maximum Gasteiger partial charge on any atom is 0.356 e. The van der Waals surface area contributed by atoms with Crippen LogP contribution in [0, 0.1) is 6.92 Å². The molecule has 0 bridgehead atoms. The fourth-order valence-corrected chi connectivity index (χ4v) is 4.46. The van der Waals surface area contributed by atoms with Gasteiger partial charge in [-0.25, -0.2) is 20.0 Å². The molecule has 0 unspecified atom stereocenters. The van der Waals surface area contributed by atoms with E-state index in [1.165, 1.54) is 37.4 Å². The maximum absolute atomic E-state index is 13.4. The van der Waals surface area contributed by atoms with Crippen LogP contribution in [0.3, 0.4) is 0 Å². The lowest BCUT2D eigenvalue weighted by Crippen LogP contribution is -2.14. The molecule has 0 amide bonds. The summed E-state index contributed by atoms with van der Waals surface area (Å²) in [5.41, 5.74) is -1.00. The fraction of sp³-hybridized carbons (Fsp3) is 0.0909. The molecule has 0 saturated heterocycles. The van der Waals surface area contributed by atoms with Gasteiger partial charge in [-0.1, -0.05) is 16.1 Å². The highest BCUT2D eigenvalue weighted by molar-refractivity contribution is 7.94. The molecule has 0 saturated carbocycles. The molecular formula is C22H18N4O11S2. The zero-order chi connectivity index (χ0) is 28.1. The van der Waals surface area contributed by atoms with E-state index in [0.29, 0.717) is 50.2 Å². The normalized spacial score (nSPS) is 11.5. The number of aromatic amines is 1. The number of nitrogens with zero attached hydrogens (tertiary/aromatic N) is 3. The number of phenols is 1. The molecule has 0 fully saturated rings. The minimum Gasteiger partial charge on any atom is -0.508 e. The SMILES string of the molecule is COc1cc(SOOO)c(C)cc1N=Nc1c(C(=O)O)[nH]n(-c2cc(SOOO)cc3ccc(O)cc23)c1=O.